The van der Waals surface area contributed by atoms with E-state index in [0.717, 1.165) is 43.5 Å². The van der Waals surface area contributed by atoms with E-state index in [1.807, 2.05) is 29.2 Å². The summed E-state index contributed by atoms with van der Waals surface area (Å²) >= 11 is 12.3. The van der Waals surface area contributed by atoms with Crippen molar-refractivity contribution in [3.8, 4) is 0 Å². The Bertz CT molecular complexity index is 1200. The zero-order valence-electron chi connectivity index (χ0n) is 20.6. The molecule has 2 aromatic rings. The molecule has 0 aliphatic carbocycles. The molecule has 0 saturated carbocycles. The van der Waals surface area contributed by atoms with Crippen molar-refractivity contribution in [3.63, 3.8) is 0 Å². The van der Waals surface area contributed by atoms with Crippen LogP contribution in [0.25, 0.3) is 0 Å². The van der Waals surface area contributed by atoms with Crippen LogP contribution in [0.15, 0.2) is 53.7 Å². The molecule has 190 valence electrons. The Labute approximate surface area is 221 Å². The predicted molar refractivity (Wildman–Crippen MR) is 140 cm³/mol. The first-order chi connectivity index (χ1) is 17.3. The smallest absolute Gasteiger partial charge is 0.336 e. The van der Waals surface area contributed by atoms with Crippen molar-refractivity contribution in [1.29, 1.82) is 0 Å². The summed E-state index contributed by atoms with van der Waals surface area (Å²) in [5.74, 6) is -1.06. The molecular formula is C28H30Cl2N2O4. The SMILES string of the molecule is CCOC(=O)C1=C(C)N(Cc2cccc(C(=O)N3CCCCC3)c2)C(=O)CC1c1ccc(Cl)c(Cl)c1. The van der Waals surface area contributed by atoms with Gasteiger partial charge in [0.2, 0.25) is 5.91 Å². The molecule has 0 radical (unpaired) electrons. The highest BCUT2D eigenvalue weighted by Crippen LogP contribution is 2.39. The van der Waals surface area contributed by atoms with Crippen molar-refractivity contribution < 1.29 is 19.1 Å². The fourth-order valence-corrected chi connectivity index (χ4v) is 5.26. The standard InChI is InChI=1S/C28H30Cl2N2O4/c1-3-36-28(35)26-18(2)32(25(33)16-22(26)20-10-11-23(29)24(30)15-20)17-19-8-7-9-21(14-19)27(34)31-12-5-4-6-13-31/h7-11,14-15,22H,3-6,12-13,16-17H2,1-2H3. The second-order valence-electron chi connectivity index (χ2n) is 9.18. The van der Waals surface area contributed by atoms with Crippen LogP contribution >= 0.6 is 23.2 Å². The number of esters is 1. The average molecular weight is 529 g/mol. The number of benzene rings is 2. The van der Waals surface area contributed by atoms with Crippen LogP contribution in [0.3, 0.4) is 0 Å². The Morgan fingerprint density at radius 3 is 2.47 bits per heavy atom. The predicted octanol–water partition coefficient (Wildman–Crippen LogP) is 5.97. The summed E-state index contributed by atoms with van der Waals surface area (Å²) in [6.45, 7) is 5.53. The fraction of sp³-hybridized carbons (Fsp3) is 0.393. The minimum absolute atomic E-state index is 0.0145. The van der Waals surface area contributed by atoms with Crippen LogP contribution in [0, 0.1) is 0 Å². The van der Waals surface area contributed by atoms with Gasteiger partial charge in [0.1, 0.15) is 0 Å². The number of carbonyl (C=O) groups is 3. The number of carbonyl (C=O) groups excluding carboxylic acids is 3. The zero-order valence-corrected chi connectivity index (χ0v) is 22.1. The molecule has 6 nitrogen and oxygen atoms in total. The Balaban J connectivity index is 1.65. The molecule has 2 aliphatic rings. The number of nitrogens with zero attached hydrogens (tertiary/aromatic N) is 2. The van der Waals surface area contributed by atoms with Crippen molar-refractivity contribution in [1.82, 2.24) is 9.80 Å². The topological polar surface area (TPSA) is 66.9 Å². The van der Waals surface area contributed by atoms with E-state index in [4.69, 9.17) is 27.9 Å². The monoisotopic (exact) mass is 528 g/mol. The van der Waals surface area contributed by atoms with Gasteiger partial charge in [-0.05, 0) is 68.5 Å². The highest BCUT2D eigenvalue weighted by Gasteiger charge is 2.37. The molecule has 1 unspecified atom stereocenters. The molecule has 2 heterocycles. The van der Waals surface area contributed by atoms with Crippen LogP contribution < -0.4 is 0 Å². The van der Waals surface area contributed by atoms with E-state index >= 15 is 0 Å². The number of amides is 2. The molecule has 4 rings (SSSR count). The molecule has 1 atom stereocenters. The molecule has 1 fully saturated rings. The lowest BCUT2D eigenvalue weighted by Crippen LogP contribution is -2.38. The van der Waals surface area contributed by atoms with E-state index in [-0.39, 0.29) is 31.4 Å². The molecule has 0 N–H and O–H groups in total. The van der Waals surface area contributed by atoms with Crippen LogP contribution in [-0.2, 0) is 20.9 Å². The van der Waals surface area contributed by atoms with Crippen molar-refractivity contribution in [2.24, 2.45) is 0 Å². The van der Waals surface area contributed by atoms with Gasteiger partial charge in [-0.1, -0.05) is 41.4 Å². The zero-order chi connectivity index (χ0) is 25.8. The maximum Gasteiger partial charge on any atom is 0.336 e. The first-order valence-electron chi connectivity index (χ1n) is 12.3. The van der Waals surface area contributed by atoms with Crippen LogP contribution in [0.1, 0.15) is 66.9 Å². The van der Waals surface area contributed by atoms with Gasteiger partial charge in [0.15, 0.2) is 0 Å². The Kier molecular flexibility index (Phi) is 8.37. The summed E-state index contributed by atoms with van der Waals surface area (Å²) < 4.78 is 5.37. The third-order valence-electron chi connectivity index (χ3n) is 6.82. The van der Waals surface area contributed by atoms with Gasteiger partial charge < -0.3 is 14.5 Å². The molecule has 0 bridgehead atoms. The third-order valence-corrected chi connectivity index (χ3v) is 7.56. The molecule has 2 aromatic carbocycles. The number of hydrogen-bond acceptors (Lipinski definition) is 4. The molecule has 2 aliphatic heterocycles. The van der Waals surface area contributed by atoms with E-state index in [1.165, 1.54) is 0 Å². The lowest BCUT2D eigenvalue weighted by Gasteiger charge is -2.34. The highest BCUT2D eigenvalue weighted by atomic mass is 35.5. The number of piperidine rings is 1. The van der Waals surface area contributed by atoms with Gasteiger partial charge in [-0.3, -0.25) is 9.59 Å². The number of rotatable bonds is 6. The Morgan fingerprint density at radius 1 is 1.03 bits per heavy atom. The second kappa shape index (κ2) is 11.5. The highest BCUT2D eigenvalue weighted by molar-refractivity contribution is 6.42. The summed E-state index contributed by atoms with van der Waals surface area (Å²) in [5.41, 5.74) is 3.12. The van der Waals surface area contributed by atoms with E-state index in [2.05, 4.69) is 0 Å². The molecule has 8 heteroatoms. The molecular weight excluding hydrogens is 499 g/mol. The van der Waals surface area contributed by atoms with Crippen LogP contribution in [0.2, 0.25) is 10.0 Å². The first-order valence-corrected chi connectivity index (χ1v) is 13.1. The largest absolute Gasteiger partial charge is 0.463 e. The maximum atomic E-state index is 13.3. The van der Waals surface area contributed by atoms with Crippen molar-refractivity contribution >= 4 is 41.0 Å². The third kappa shape index (κ3) is 5.60. The quantitative estimate of drug-likeness (QED) is 0.433. The van der Waals surface area contributed by atoms with Gasteiger partial charge in [0, 0.05) is 36.7 Å². The van der Waals surface area contributed by atoms with Crippen molar-refractivity contribution in [2.45, 2.75) is 52.0 Å². The summed E-state index contributed by atoms with van der Waals surface area (Å²) in [7, 11) is 0. The summed E-state index contributed by atoms with van der Waals surface area (Å²) in [5, 5.41) is 0.765. The molecule has 36 heavy (non-hydrogen) atoms. The number of hydrogen-bond donors (Lipinski definition) is 0. The average Bonchev–Trinajstić information content (AvgIpc) is 2.88. The lowest BCUT2D eigenvalue weighted by molar-refractivity contribution is -0.140. The van der Waals surface area contributed by atoms with E-state index in [1.54, 1.807) is 36.9 Å². The molecule has 1 saturated heterocycles. The Hall–Kier alpha value is -2.83. The van der Waals surface area contributed by atoms with Gasteiger partial charge in [-0.25, -0.2) is 4.79 Å². The van der Waals surface area contributed by atoms with Crippen LogP contribution in [0.5, 0.6) is 0 Å². The molecule has 0 aromatic heterocycles. The fourth-order valence-electron chi connectivity index (χ4n) is 4.96. The van der Waals surface area contributed by atoms with Gasteiger partial charge >= 0.3 is 5.97 Å². The Morgan fingerprint density at radius 2 is 1.78 bits per heavy atom. The maximum absolute atomic E-state index is 13.3. The van der Waals surface area contributed by atoms with Crippen LogP contribution in [-0.4, -0.2) is 47.3 Å². The second-order valence-corrected chi connectivity index (χ2v) is 10.00. The van der Waals surface area contributed by atoms with Gasteiger partial charge in [-0.15, -0.1) is 0 Å². The number of allylic oxidation sites excluding steroid dienone is 1. The summed E-state index contributed by atoms with van der Waals surface area (Å²) in [4.78, 5) is 42.9. The normalized spacial score (nSPS) is 18.4. The van der Waals surface area contributed by atoms with E-state index in [9.17, 15) is 14.4 Å². The van der Waals surface area contributed by atoms with Gasteiger partial charge in [0.05, 0.1) is 28.8 Å². The summed E-state index contributed by atoms with van der Waals surface area (Å²) in [6.07, 6.45) is 3.29. The van der Waals surface area contributed by atoms with Crippen molar-refractivity contribution in [3.05, 3.63) is 80.5 Å². The summed E-state index contributed by atoms with van der Waals surface area (Å²) in [6, 6.07) is 12.5. The molecule has 2 amide bonds. The number of likely N-dealkylation sites (tertiary alicyclic amines) is 1. The molecule has 0 spiro atoms. The minimum Gasteiger partial charge on any atom is -0.463 e. The minimum atomic E-state index is -0.491. The lowest BCUT2D eigenvalue weighted by atomic mass is 9.83. The first kappa shape index (κ1) is 26.2. The van der Waals surface area contributed by atoms with E-state index in [0.29, 0.717) is 26.9 Å². The van der Waals surface area contributed by atoms with E-state index < -0.39 is 11.9 Å². The van der Waals surface area contributed by atoms with Crippen LogP contribution in [0.4, 0.5) is 0 Å². The number of halogens is 2. The van der Waals surface area contributed by atoms with Crippen molar-refractivity contribution in [2.75, 3.05) is 19.7 Å². The number of ether oxygens (including phenoxy) is 1. The van der Waals surface area contributed by atoms with Gasteiger partial charge in [0.25, 0.3) is 5.91 Å². The van der Waals surface area contributed by atoms with Gasteiger partial charge in [-0.2, -0.15) is 0 Å².